The average Bonchev–Trinajstić information content (AvgIpc) is 2.97. The van der Waals surface area contributed by atoms with E-state index in [2.05, 4.69) is 68.2 Å². The van der Waals surface area contributed by atoms with Crippen LogP contribution in [0.2, 0.25) is 13.1 Å². The van der Waals surface area contributed by atoms with Crippen molar-refractivity contribution in [3.05, 3.63) is 90.4 Å². The van der Waals surface area contributed by atoms with E-state index in [1.165, 1.54) is 38.3 Å². The molecule has 0 amide bonds. The molecule has 4 aromatic rings. The van der Waals surface area contributed by atoms with E-state index in [4.69, 9.17) is 0 Å². The van der Waals surface area contributed by atoms with Gasteiger partial charge in [0, 0.05) is 23.3 Å². The van der Waals surface area contributed by atoms with Crippen LogP contribution in [0.4, 0.5) is 4.39 Å². The predicted octanol–water partition coefficient (Wildman–Crippen LogP) is 5.10. The highest BCUT2D eigenvalue weighted by Gasteiger charge is 2.43. The number of aromatic nitrogens is 1. The molecule has 1 aliphatic rings. The standard InChI is InChI=1S/C27H25FNSi/c1-18-13-14-20-21-15-16-22(28)25(19-10-6-5-7-11-19)27(21)30(3,4)26(20)24(18)23-12-8-9-17-29(23)2/h5-17H,1-4H3/q+1. The van der Waals surface area contributed by atoms with Crippen LogP contribution in [0.15, 0.2) is 79.0 Å². The Balaban J connectivity index is 1.88. The van der Waals surface area contributed by atoms with Crippen LogP contribution < -0.4 is 14.9 Å². The minimum atomic E-state index is -2.18. The predicted molar refractivity (Wildman–Crippen MR) is 125 cm³/mol. The van der Waals surface area contributed by atoms with Crippen LogP contribution in [0.5, 0.6) is 0 Å². The maximum absolute atomic E-state index is 15.3. The second-order valence-corrected chi connectivity index (χ2v) is 13.0. The fourth-order valence-electron chi connectivity index (χ4n) is 5.16. The van der Waals surface area contributed by atoms with Gasteiger partial charge in [-0.15, -0.1) is 0 Å². The molecule has 0 unspecified atom stereocenters. The quantitative estimate of drug-likeness (QED) is 0.320. The van der Waals surface area contributed by atoms with Gasteiger partial charge in [0.15, 0.2) is 6.20 Å². The smallest absolute Gasteiger partial charge is 0.206 e. The summed E-state index contributed by atoms with van der Waals surface area (Å²) in [5.74, 6) is -0.128. The van der Waals surface area contributed by atoms with E-state index >= 15 is 4.39 Å². The van der Waals surface area contributed by atoms with E-state index in [0.717, 1.165) is 11.1 Å². The Bertz CT molecular complexity index is 1290. The van der Waals surface area contributed by atoms with E-state index < -0.39 is 8.07 Å². The average molecular weight is 411 g/mol. The van der Waals surface area contributed by atoms with Gasteiger partial charge in [0.05, 0.1) is 0 Å². The van der Waals surface area contributed by atoms with Crippen molar-refractivity contribution in [3.63, 3.8) is 0 Å². The van der Waals surface area contributed by atoms with Gasteiger partial charge in [-0.3, -0.25) is 0 Å². The number of aryl methyl sites for hydroxylation is 2. The van der Waals surface area contributed by atoms with Crippen molar-refractivity contribution >= 4 is 18.4 Å². The number of hydrogen-bond acceptors (Lipinski definition) is 0. The van der Waals surface area contributed by atoms with E-state index in [1.54, 1.807) is 6.07 Å². The van der Waals surface area contributed by atoms with Crippen molar-refractivity contribution in [2.75, 3.05) is 0 Å². The number of rotatable bonds is 2. The second-order valence-electron chi connectivity index (χ2n) is 8.71. The van der Waals surface area contributed by atoms with Crippen LogP contribution in [0.1, 0.15) is 5.56 Å². The molecule has 0 atom stereocenters. The van der Waals surface area contributed by atoms with E-state index in [9.17, 15) is 0 Å². The summed E-state index contributed by atoms with van der Waals surface area (Å²) < 4.78 is 17.5. The lowest BCUT2D eigenvalue weighted by molar-refractivity contribution is -0.660. The topological polar surface area (TPSA) is 3.88 Å². The lowest BCUT2D eigenvalue weighted by atomic mass is 9.95. The summed E-state index contributed by atoms with van der Waals surface area (Å²) in [6.07, 6.45) is 2.10. The normalized spacial score (nSPS) is 13.8. The van der Waals surface area contributed by atoms with Crippen LogP contribution >= 0.6 is 0 Å². The largest absolute Gasteiger partial charge is 0.212 e. The Hall–Kier alpha value is -3.04. The van der Waals surface area contributed by atoms with Crippen LogP contribution in [-0.4, -0.2) is 8.07 Å². The summed E-state index contributed by atoms with van der Waals surface area (Å²) in [6.45, 7) is 6.93. The summed E-state index contributed by atoms with van der Waals surface area (Å²) in [7, 11) is -0.0781. The second kappa shape index (κ2) is 6.75. The van der Waals surface area contributed by atoms with Gasteiger partial charge in [0.2, 0.25) is 5.69 Å². The molecular formula is C27H25FNSi+. The number of pyridine rings is 1. The van der Waals surface area contributed by atoms with Crippen molar-refractivity contribution in [2.45, 2.75) is 20.0 Å². The third-order valence-electron chi connectivity index (χ3n) is 6.48. The van der Waals surface area contributed by atoms with Crippen LogP contribution in [-0.2, 0) is 7.05 Å². The van der Waals surface area contributed by atoms with Gasteiger partial charge in [-0.25, -0.2) is 8.96 Å². The Morgan fingerprint density at radius 1 is 0.733 bits per heavy atom. The van der Waals surface area contributed by atoms with Crippen molar-refractivity contribution in [1.82, 2.24) is 0 Å². The molecule has 3 aromatic carbocycles. The lowest BCUT2D eigenvalue weighted by Crippen LogP contribution is -2.52. The molecule has 0 radical (unpaired) electrons. The summed E-state index contributed by atoms with van der Waals surface area (Å²) in [4.78, 5) is 0. The molecule has 0 saturated heterocycles. The van der Waals surface area contributed by atoms with Gasteiger partial charge < -0.3 is 0 Å². The molecule has 1 aromatic heterocycles. The molecule has 148 valence electrons. The van der Waals surface area contributed by atoms with Crippen molar-refractivity contribution in [3.8, 4) is 33.5 Å². The molecule has 5 rings (SSSR count). The summed E-state index contributed by atoms with van der Waals surface area (Å²) in [5, 5.41) is 2.64. The Kier molecular flexibility index (Phi) is 4.26. The summed E-state index contributed by atoms with van der Waals surface area (Å²) in [5.41, 5.74) is 7.99. The zero-order valence-corrected chi connectivity index (χ0v) is 18.8. The first kappa shape index (κ1) is 19.0. The number of fused-ring (bicyclic) bond motifs is 3. The minimum Gasteiger partial charge on any atom is -0.206 e. The SMILES string of the molecule is Cc1ccc2c(c1-c1cccc[n+]1C)[Si](C)(C)c1c-2ccc(F)c1-c1ccccc1. The van der Waals surface area contributed by atoms with Gasteiger partial charge >= 0.3 is 0 Å². The molecule has 3 heteroatoms. The molecule has 0 fully saturated rings. The van der Waals surface area contributed by atoms with Gasteiger partial charge in [-0.1, -0.05) is 61.6 Å². The fourth-order valence-corrected chi connectivity index (χ4v) is 9.03. The summed E-state index contributed by atoms with van der Waals surface area (Å²) >= 11 is 0. The molecule has 2 heterocycles. The first-order valence-electron chi connectivity index (χ1n) is 10.4. The van der Waals surface area contributed by atoms with Crippen LogP contribution in [0, 0.1) is 12.7 Å². The Morgan fingerprint density at radius 3 is 2.07 bits per heavy atom. The lowest BCUT2D eigenvalue weighted by Gasteiger charge is -2.25. The van der Waals surface area contributed by atoms with Gasteiger partial charge in [-0.2, -0.15) is 0 Å². The maximum Gasteiger partial charge on any atom is 0.212 e. The molecule has 0 N–H and O–H groups in total. The highest BCUT2D eigenvalue weighted by molar-refractivity contribution is 7.05. The highest BCUT2D eigenvalue weighted by Crippen LogP contribution is 2.38. The number of halogens is 1. The third kappa shape index (κ3) is 2.62. The molecule has 0 aliphatic carbocycles. The maximum atomic E-state index is 15.3. The van der Waals surface area contributed by atoms with Crippen molar-refractivity contribution in [1.29, 1.82) is 0 Å². The van der Waals surface area contributed by atoms with E-state index in [1.807, 2.05) is 36.4 Å². The van der Waals surface area contributed by atoms with Crippen LogP contribution in [0.3, 0.4) is 0 Å². The highest BCUT2D eigenvalue weighted by atomic mass is 28.3. The number of nitrogens with zero attached hydrogens (tertiary/aromatic N) is 1. The van der Waals surface area contributed by atoms with Gasteiger partial charge in [0.25, 0.3) is 0 Å². The first-order valence-corrected chi connectivity index (χ1v) is 13.4. The number of benzene rings is 3. The first-order chi connectivity index (χ1) is 14.4. The van der Waals surface area contributed by atoms with Crippen molar-refractivity contribution < 1.29 is 8.96 Å². The molecule has 1 aliphatic heterocycles. The van der Waals surface area contributed by atoms with Crippen molar-refractivity contribution in [2.24, 2.45) is 7.05 Å². The molecule has 0 saturated carbocycles. The molecule has 30 heavy (non-hydrogen) atoms. The molecular weight excluding hydrogens is 385 g/mol. The zero-order chi connectivity index (χ0) is 21.0. The fraction of sp³-hybridized carbons (Fsp3) is 0.148. The van der Waals surface area contributed by atoms with Crippen LogP contribution in [0.25, 0.3) is 33.5 Å². The molecule has 0 bridgehead atoms. The molecule has 0 spiro atoms. The van der Waals surface area contributed by atoms with E-state index in [-0.39, 0.29) is 5.82 Å². The van der Waals surface area contributed by atoms with Gasteiger partial charge in [0.1, 0.15) is 20.9 Å². The Labute approximate surface area is 178 Å². The van der Waals surface area contributed by atoms with E-state index in [0.29, 0.717) is 0 Å². The molecule has 1 nitrogen and oxygen atoms in total. The van der Waals surface area contributed by atoms with Gasteiger partial charge in [-0.05, 0) is 51.7 Å². The summed E-state index contributed by atoms with van der Waals surface area (Å²) in [6, 6.07) is 24.4. The number of hydrogen-bond donors (Lipinski definition) is 0. The third-order valence-corrected chi connectivity index (χ3v) is 10.0. The minimum absolute atomic E-state index is 0.128. The Morgan fingerprint density at radius 2 is 1.37 bits per heavy atom. The zero-order valence-electron chi connectivity index (χ0n) is 17.8. The monoisotopic (exact) mass is 410 g/mol.